The smallest absolute Gasteiger partial charge is 0.0681 e. The average Bonchev–Trinajstić information content (AvgIpc) is 3.10. The molecule has 0 atom stereocenters. The Morgan fingerprint density at radius 1 is 1.20 bits per heavy atom. The van der Waals surface area contributed by atoms with Gasteiger partial charge in [0.25, 0.3) is 0 Å². The molecule has 1 heteroatoms. The normalized spacial score (nSPS) is 15.0. The Hall–Kier alpha value is -1.63. The summed E-state index contributed by atoms with van der Waals surface area (Å²) in [5, 5.41) is 8.10. The van der Waals surface area contributed by atoms with Crippen molar-refractivity contribution in [2.24, 2.45) is 0 Å². The first-order valence-corrected chi connectivity index (χ1v) is 5.31. The maximum atomic E-state index is 8.10. The first-order valence-electron chi connectivity index (χ1n) is 5.31. The maximum Gasteiger partial charge on any atom is 0.0681 e. The van der Waals surface area contributed by atoms with E-state index in [9.17, 15) is 0 Å². The summed E-state index contributed by atoms with van der Waals surface area (Å²) in [6.45, 7) is 1.99. The predicted octanol–water partition coefficient (Wildman–Crippen LogP) is 3.72. The van der Waals surface area contributed by atoms with Crippen LogP contribution >= 0.6 is 0 Å². The van der Waals surface area contributed by atoms with Crippen LogP contribution < -0.4 is 0 Å². The molecule has 2 rings (SSSR count). The summed E-state index contributed by atoms with van der Waals surface area (Å²) in [5.41, 5.74) is 4.11. The highest BCUT2D eigenvalue weighted by Crippen LogP contribution is 2.29. The van der Waals surface area contributed by atoms with Crippen LogP contribution in [0.5, 0.6) is 0 Å². The zero-order valence-electron chi connectivity index (χ0n) is 8.96. The van der Waals surface area contributed by atoms with Crippen molar-refractivity contribution in [1.82, 2.24) is 0 Å². The van der Waals surface area contributed by atoms with E-state index in [1.54, 1.807) is 0 Å². The lowest BCUT2D eigenvalue weighted by Crippen LogP contribution is -2.00. The molecule has 1 nitrogen and oxygen atoms in total. The third-order valence-electron chi connectivity index (χ3n) is 2.56. The number of nitrogens with one attached hydrogen (secondary N) is 1. The van der Waals surface area contributed by atoms with Crippen molar-refractivity contribution in [1.29, 1.82) is 5.41 Å². The number of hydrogen-bond acceptors (Lipinski definition) is 1. The van der Waals surface area contributed by atoms with Gasteiger partial charge in [-0.2, -0.15) is 0 Å². The summed E-state index contributed by atoms with van der Waals surface area (Å²) < 4.78 is 0. The van der Waals surface area contributed by atoms with Gasteiger partial charge in [-0.3, -0.25) is 5.41 Å². The summed E-state index contributed by atoms with van der Waals surface area (Å²) >= 11 is 0. The molecule has 0 aliphatic heterocycles. The van der Waals surface area contributed by atoms with Gasteiger partial charge in [0, 0.05) is 0 Å². The second-order valence-corrected chi connectivity index (χ2v) is 3.79. The highest BCUT2D eigenvalue weighted by atomic mass is 14.4. The van der Waals surface area contributed by atoms with E-state index in [1.807, 2.05) is 43.3 Å². The molecule has 1 saturated carbocycles. The SMILES string of the molecule is C/C=C(/C=C1CC1)C(=N)c1ccccc1. The molecule has 0 saturated heterocycles. The fourth-order valence-corrected chi connectivity index (χ4v) is 1.51. The molecule has 0 amide bonds. The highest BCUT2D eigenvalue weighted by Gasteiger charge is 2.13. The minimum absolute atomic E-state index is 0.623. The van der Waals surface area contributed by atoms with Crippen molar-refractivity contribution >= 4 is 5.71 Å². The zero-order chi connectivity index (χ0) is 10.7. The number of rotatable bonds is 3. The van der Waals surface area contributed by atoms with E-state index >= 15 is 0 Å². The molecule has 1 aromatic carbocycles. The van der Waals surface area contributed by atoms with Crippen LogP contribution in [-0.4, -0.2) is 5.71 Å². The predicted molar refractivity (Wildman–Crippen MR) is 64.3 cm³/mol. The van der Waals surface area contributed by atoms with Crippen LogP contribution in [0, 0.1) is 5.41 Å². The van der Waals surface area contributed by atoms with Gasteiger partial charge in [0.2, 0.25) is 0 Å². The molecule has 15 heavy (non-hydrogen) atoms. The molecule has 0 radical (unpaired) electrons. The first-order chi connectivity index (χ1) is 7.31. The Balaban J connectivity index is 2.23. The molecule has 76 valence electrons. The summed E-state index contributed by atoms with van der Waals surface area (Å²) in [4.78, 5) is 0. The third kappa shape index (κ3) is 2.44. The van der Waals surface area contributed by atoms with Crippen LogP contribution in [0.15, 0.2) is 53.6 Å². The van der Waals surface area contributed by atoms with Crippen molar-refractivity contribution in [2.75, 3.05) is 0 Å². The zero-order valence-corrected chi connectivity index (χ0v) is 8.96. The van der Waals surface area contributed by atoms with Crippen LogP contribution in [0.2, 0.25) is 0 Å². The molecule has 1 aromatic rings. The number of benzene rings is 1. The second-order valence-electron chi connectivity index (χ2n) is 3.79. The molecular weight excluding hydrogens is 182 g/mol. The van der Waals surface area contributed by atoms with Gasteiger partial charge in [0.05, 0.1) is 5.71 Å². The summed E-state index contributed by atoms with van der Waals surface area (Å²) in [5.74, 6) is 0. The standard InChI is InChI=1S/C14H15N/c1-2-12(10-11-8-9-11)14(15)13-6-4-3-5-7-13/h2-7,10,15H,8-9H2,1H3/b12-2-,15-14?. The van der Waals surface area contributed by atoms with E-state index in [2.05, 4.69) is 6.08 Å². The molecule has 1 fully saturated rings. The Bertz CT molecular complexity index is 418. The Labute approximate surface area is 90.7 Å². The lowest BCUT2D eigenvalue weighted by Gasteiger charge is -2.04. The van der Waals surface area contributed by atoms with Crippen LogP contribution in [0.25, 0.3) is 0 Å². The Morgan fingerprint density at radius 3 is 2.40 bits per heavy atom. The van der Waals surface area contributed by atoms with Crippen LogP contribution in [-0.2, 0) is 0 Å². The summed E-state index contributed by atoms with van der Waals surface area (Å²) in [6.07, 6.45) is 6.58. The van der Waals surface area contributed by atoms with Crippen LogP contribution in [0.3, 0.4) is 0 Å². The van der Waals surface area contributed by atoms with Crippen molar-refractivity contribution in [3.63, 3.8) is 0 Å². The lowest BCUT2D eigenvalue weighted by atomic mass is 10.0. The lowest BCUT2D eigenvalue weighted by molar-refractivity contribution is 1.45. The molecule has 0 aromatic heterocycles. The molecule has 0 unspecified atom stereocenters. The van der Waals surface area contributed by atoms with E-state index in [0.29, 0.717) is 5.71 Å². The monoisotopic (exact) mass is 197 g/mol. The first kappa shape index (κ1) is 9.91. The number of hydrogen-bond donors (Lipinski definition) is 1. The highest BCUT2D eigenvalue weighted by molar-refractivity contribution is 6.12. The third-order valence-corrected chi connectivity index (χ3v) is 2.56. The summed E-state index contributed by atoms with van der Waals surface area (Å²) in [6, 6.07) is 9.89. The van der Waals surface area contributed by atoms with E-state index in [-0.39, 0.29) is 0 Å². The van der Waals surface area contributed by atoms with Crippen molar-refractivity contribution in [3.8, 4) is 0 Å². The van der Waals surface area contributed by atoms with E-state index in [4.69, 9.17) is 5.41 Å². The Morgan fingerprint density at radius 2 is 1.87 bits per heavy atom. The van der Waals surface area contributed by atoms with Crippen molar-refractivity contribution < 1.29 is 0 Å². The van der Waals surface area contributed by atoms with Gasteiger partial charge in [0.1, 0.15) is 0 Å². The quantitative estimate of drug-likeness (QED) is 0.714. The fraction of sp³-hybridized carbons (Fsp3) is 0.214. The molecular formula is C14H15N. The topological polar surface area (TPSA) is 23.9 Å². The summed E-state index contributed by atoms with van der Waals surface area (Å²) in [7, 11) is 0. The molecule has 1 aliphatic carbocycles. The average molecular weight is 197 g/mol. The van der Waals surface area contributed by atoms with E-state index < -0.39 is 0 Å². The van der Waals surface area contributed by atoms with Gasteiger partial charge in [-0.05, 0) is 30.9 Å². The van der Waals surface area contributed by atoms with Crippen molar-refractivity contribution in [2.45, 2.75) is 19.8 Å². The van der Waals surface area contributed by atoms with Gasteiger partial charge >= 0.3 is 0 Å². The maximum absolute atomic E-state index is 8.10. The largest absolute Gasteiger partial charge is 0.300 e. The Kier molecular flexibility index (Phi) is 2.82. The number of allylic oxidation sites excluding steroid dienone is 4. The minimum atomic E-state index is 0.623. The van der Waals surface area contributed by atoms with Gasteiger partial charge in [-0.1, -0.05) is 48.1 Å². The van der Waals surface area contributed by atoms with Crippen LogP contribution in [0.4, 0.5) is 0 Å². The minimum Gasteiger partial charge on any atom is -0.300 e. The van der Waals surface area contributed by atoms with E-state index in [0.717, 1.165) is 11.1 Å². The van der Waals surface area contributed by atoms with Gasteiger partial charge in [-0.15, -0.1) is 0 Å². The van der Waals surface area contributed by atoms with Gasteiger partial charge in [-0.25, -0.2) is 0 Å². The molecule has 0 heterocycles. The van der Waals surface area contributed by atoms with Crippen molar-refractivity contribution in [3.05, 3.63) is 59.2 Å². The molecule has 1 N–H and O–H groups in total. The fourth-order valence-electron chi connectivity index (χ4n) is 1.51. The molecule has 1 aliphatic rings. The van der Waals surface area contributed by atoms with Gasteiger partial charge in [0.15, 0.2) is 0 Å². The van der Waals surface area contributed by atoms with Crippen LogP contribution in [0.1, 0.15) is 25.3 Å². The molecule has 0 bridgehead atoms. The van der Waals surface area contributed by atoms with Gasteiger partial charge < -0.3 is 0 Å². The van der Waals surface area contributed by atoms with E-state index in [1.165, 1.54) is 18.4 Å². The second kappa shape index (κ2) is 4.26. The molecule has 0 spiro atoms.